The van der Waals surface area contributed by atoms with E-state index in [9.17, 15) is 0 Å². The first-order valence-electron chi connectivity index (χ1n) is 12.6. The van der Waals surface area contributed by atoms with Crippen LogP contribution in [0.3, 0.4) is 0 Å². The van der Waals surface area contributed by atoms with Crippen LogP contribution in [0.1, 0.15) is 54.0 Å². The summed E-state index contributed by atoms with van der Waals surface area (Å²) in [7, 11) is -0.340. The van der Waals surface area contributed by atoms with Gasteiger partial charge >= 0.3 is 7.12 Å². The van der Waals surface area contributed by atoms with E-state index < -0.39 is 0 Å². The highest BCUT2D eigenvalue weighted by atomic mass is 16.7. The lowest BCUT2D eigenvalue weighted by molar-refractivity contribution is 0.00578. The van der Waals surface area contributed by atoms with Gasteiger partial charge in [0.05, 0.1) is 11.2 Å². The van der Waals surface area contributed by atoms with Gasteiger partial charge in [-0.15, -0.1) is 0 Å². The maximum absolute atomic E-state index is 6.25. The Hall–Kier alpha value is -2.88. The first kappa shape index (κ1) is 22.6. The summed E-state index contributed by atoms with van der Waals surface area (Å²) in [4.78, 5) is 0. The molecule has 0 amide bonds. The topological polar surface area (TPSA) is 18.5 Å². The van der Waals surface area contributed by atoms with E-state index >= 15 is 0 Å². The van der Waals surface area contributed by atoms with E-state index in [0.717, 1.165) is 5.46 Å². The van der Waals surface area contributed by atoms with Crippen LogP contribution < -0.4 is 5.46 Å². The Balaban J connectivity index is 1.46. The minimum atomic E-state index is -0.340. The van der Waals surface area contributed by atoms with Crippen LogP contribution in [0.25, 0.3) is 43.4 Å². The molecule has 0 saturated carbocycles. The van der Waals surface area contributed by atoms with Gasteiger partial charge in [-0.1, -0.05) is 93.6 Å². The van der Waals surface area contributed by atoms with Crippen molar-refractivity contribution < 1.29 is 9.31 Å². The molecule has 6 rings (SSSR count). The van der Waals surface area contributed by atoms with Crippen molar-refractivity contribution in [3.8, 4) is 11.1 Å². The van der Waals surface area contributed by atoms with Gasteiger partial charge in [-0.25, -0.2) is 0 Å². The van der Waals surface area contributed by atoms with Crippen molar-refractivity contribution in [3.05, 3.63) is 78.4 Å². The second-order valence-electron chi connectivity index (χ2n) is 12.1. The molecular weight excluding hydrogens is 427 g/mol. The summed E-state index contributed by atoms with van der Waals surface area (Å²) in [6.07, 6.45) is 0. The highest BCUT2D eigenvalue weighted by Crippen LogP contribution is 2.41. The van der Waals surface area contributed by atoms with Gasteiger partial charge in [0.15, 0.2) is 0 Å². The van der Waals surface area contributed by atoms with Crippen LogP contribution in [0, 0.1) is 0 Å². The van der Waals surface area contributed by atoms with Gasteiger partial charge in [-0.05, 0) is 87.6 Å². The Morgan fingerprint density at radius 1 is 0.629 bits per heavy atom. The fourth-order valence-electron chi connectivity index (χ4n) is 5.30. The average molecular weight is 460 g/mol. The van der Waals surface area contributed by atoms with Crippen molar-refractivity contribution in [2.45, 2.75) is 65.1 Å². The molecule has 0 atom stereocenters. The van der Waals surface area contributed by atoms with Crippen molar-refractivity contribution in [2.24, 2.45) is 0 Å². The van der Waals surface area contributed by atoms with E-state index in [1.807, 2.05) is 0 Å². The van der Waals surface area contributed by atoms with Crippen LogP contribution >= 0.6 is 0 Å². The normalized spacial score (nSPS) is 17.7. The van der Waals surface area contributed by atoms with Crippen molar-refractivity contribution in [3.63, 3.8) is 0 Å². The van der Waals surface area contributed by atoms with Crippen molar-refractivity contribution in [1.29, 1.82) is 0 Å². The number of hydrogen-bond acceptors (Lipinski definition) is 2. The summed E-state index contributed by atoms with van der Waals surface area (Å²) in [5.41, 5.74) is 4.34. The van der Waals surface area contributed by atoms with Crippen LogP contribution in [0.4, 0.5) is 0 Å². The van der Waals surface area contributed by atoms with Gasteiger partial charge in [-0.2, -0.15) is 0 Å². The molecule has 3 heteroatoms. The maximum atomic E-state index is 6.25. The molecule has 0 aliphatic carbocycles. The monoisotopic (exact) mass is 460 g/mol. The molecular formula is C32H33BO2. The molecule has 0 bridgehead atoms. The molecule has 0 aromatic heterocycles. The molecule has 5 aromatic rings. The fourth-order valence-corrected chi connectivity index (χ4v) is 5.30. The highest BCUT2D eigenvalue weighted by Gasteiger charge is 2.51. The van der Waals surface area contributed by atoms with E-state index in [4.69, 9.17) is 9.31 Å². The molecule has 35 heavy (non-hydrogen) atoms. The molecule has 0 N–H and O–H groups in total. The van der Waals surface area contributed by atoms with Crippen LogP contribution in [0.5, 0.6) is 0 Å². The molecule has 0 radical (unpaired) electrons. The first-order valence-corrected chi connectivity index (χ1v) is 12.6. The second-order valence-corrected chi connectivity index (χ2v) is 12.1. The minimum absolute atomic E-state index is 0.120. The zero-order valence-electron chi connectivity index (χ0n) is 21.8. The summed E-state index contributed by atoms with van der Waals surface area (Å²) >= 11 is 0. The molecule has 1 aliphatic heterocycles. The third-order valence-electron chi connectivity index (χ3n) is 8.21. The van der Waals surface area contributed by atoms with Gasteiger partial charge in [0.25, 0.3) is 0 Å². The summed E-state index contributed by atoms with van der Waals surface area (Å²) in [5, 5.41) is 7.95. The van der Waals surface area contributed by atoms with E-state index in [-0.39, 0.29) is 23.7 Å². The summed E-state index contributed by atoms with van der Waals surface area (Å²) < 4.78 is 12.5. The summed E-state index contributed by atoms with van der Waals surface area (Å²) in [6, 6.07) is 27.1. The number of hydrogen-bond donors (Lipinski definition) is 0. The van der Waals surface area contributed by atoms with Gasteiger partial charge in [0.1, 0.15) is 0 Å². The first-order chi connectivity index (χ1) is 16.4. The van der Waals surface area contributed by atoms with Gasteiger partial charge in [-0.3, -0.25) is 0 Å². The molecule has 0 unspecified atom stereocenters. The van der Waals surface area contributed by atoms with Crippen molar-refractivity contribution in [1.82, 2.24) is 0 Å². The molecule has 2 nitrogen and oxygen atoms in total. The van der Waals surface area contributed by atoms with Gasteiger partial charge < -0.3 is 9.31 Å². The lowest BCUT2D eigenvalue weighted by atomic mass is 9.78. The smallest absolute Gasteiger partial charge is 0.399 e. The predicted octanol–water partition coefficient (Wildman–Crippen LogP) is 7.85. The third-order valence-corrected chi connectivity index (χ3v) is 8.21. The molecule has 1 aliphatic rings. The molecule has 1 fully saturated rings. The summed E-state index contributed by atoms with van der Waals surface area (Å²) in [6.45, 7) is 15.2. The summed E-state index contributed by atoms with van der Waals surface area (Å²) in [5.74, 6) is 0. The van der Waals surface area contributed by atoms with Crippen LogP contribution in [0.2, 0.25) is 0 Å². The zero-order chi connectivity index (χ0) is 24.8. The SMILES string of the molecule is CC(C)(C)c1cc2ccc3ccc(-c4ccc(B5OC(C)(C)C(C)(C)O5)cc4)c4ccc(c1)c2c34. The third kappa shape index (κ3) is 3.48. The predicted molar refractivity (Wildman–Crippen MR) is 150 cm³/mol. The lowest BCUT2D eigenvalue weighted by Gasteiger charge is -2.32. The van der Waals surface area contributed by atoms with Crippen molar-refractivity contribution in [2.75, 3.05) is 0 Å². The lowest BCUT2D eigenvalue weighted by Crippen LogP contribution is -2.41. The Bertz CT molecular complexity index is 1540. The van der Waals surface area contributed by atoms with Crippen LogP contribution in [0.15, 0.2) is 72.8 Å². The minimum Gasteiger partial charge on any atom is -0.399 e. The molecule has 176 valence electrons. The molecule has 1 saturated heterocycles. The largest absolute Gasteiger partial charge is 0.494 e. The Kier molecular flexibility index (Phi) is 4.72. The second kappa shape index (κ2) is 7.32. The molecule has 5 aromatic carbocycles. The van der Waals surface area contributed by atoms with E-state index in [2.05, 4.69) is 121 Å². The number of benzene rings is 5. The van der Waals surface area contributed by atoms with Gasteiger partial charge in [0, 0.05) is 0 Å². The zero-order valence-corrected chi connectivity index (χ0v) is 21.8. The standard InChI is InChI=1S/C32H33BO2/c1-30(2,3)24-18-22-9-8-21-12-16-26(27-17-13-23(19-24)28(22)29(21)27)20-10-14-25(15-11-20)33-34-31(4,5)32(6,7)35-33/h8-19H,1-7H3. The van der Waals surface area contributed by atoms with Crippen LogP contribution in [-0.2, 0) is 14.7 Å². The number of rotatable bonds is 2. The van der Waals surface area contributed by atoms with E-state index in [1.165, 1.54) is 49.0 Å². The highest BCUT2D eigenvalue weighted by molar-refractivity contribution is 6.62. The average Bonchev–Trinajstić information content (AvgIpc) is 3.03. The fraction of sp³-hybridized carbons (Fsp3) is 0.312. The molecule has 1 heterocycles. The van der Waals surface area contributed by atoms with E-state index in [0.29, 0.717) is 0 Å². The van der Waals surface area contributed by atoms with E-state index in [1.54, 1.807) is 0 Å². The Morgan fingerprint density at radius 3 is 1.77 bits per heavy atom. The Morgan fingerprint density at radius 2 is 1.17 bits per heavy atom. The van der Waals surface area contributed by atoms with Crippen molar-refractivity contribution >= 4 is 44.9 Å². The molecule has 0 spiro atoms. The van der Waals surface area contributed by atoms with Gasteiger partial charge in [0.2, 0.25) is 0 Å². The Labute approximate surface area is 208 Å². The maximum Gasteiger partial charge on any atom is 0.494 e. The van der Waals surface area contributed by atoms with Crippen LogP contribution in [-0.4, -0.2) is 18.3 Å². The quantitative estimate of drug-likeness (QED) is 0.197.